The van der Waals surface area contributed by atoms with Gasteiger partial charge < -0.3 is 10.0 Å². The smallest absolute Gasteiger partial charge is 0.182 e. The Labute approximate surface area is 227 Å². The van der Waals surface area contributed by atoms with Gasteiger partial charge in [-0.3, -0.25) is 15.2 Å². The third kappa shape index (κ3) is 6.64. The van der Waals surface area contributed by atoms with Crippen molar-refractivity contribution in [2.75, 3.05) is 13.1 Å². The minimum atomic E-state index is -0.302. The Bertz CT molecular complexity index is 1120. The van der Waals surface area contributed by atoms with E-state index in [0.29, 0.717) is 17.9 Å². The fraction of sp³-hybridized carbons (Fsp3) is 0.500. The first kappa shape index (κ1) is 29.8. The summed E-state index contributed by atoms with van der Waals surface area (Å²) in [5.41, 5.74) is 4.29. The highest BCUT2D eigenvalue weighted by Gasteiger charge is 2.34. The van der Waals surface area contributed by atoms with Crippen LogP contribution in [-0.2, 0) is 10.8 Å². The molecule has 1 aromatic heterocycles. The third-order valence-electron chi connectivity index (χ3n) is 6.70. The highest BCUT2D eigenvalue weighted by Crippen LogP contribution is 2.40. The van der Waals surface area contributed by atoms with Crippen LogP contribution in [0.2, 0.25) is 0 Å². The van der Waals surface area contributed by atoms with Gasteiger partial charge in [-0.1, -0.05) is 61.0 Å². The summed E-state index contributed by atoms with van der Waals surface area (Å²) in [6, 6.07) is 9.58. The van der Waals surface area contributed by atoms with Gasteiger partial charge in [0.25, 0.3) is 0 Å². The lowest BCUT2D eigenvalue weighted by Gasteiger charge is -2.28. The predicted octanol–water partition coefficient (Wildman–Crippen LogP) is 7.24. The van der Waals surface area contributed by atoms with Gasteiger partial charge in [0.2, 0.25) is 0 Å². The number of benzene rings is 1. The number of carbonyl (C=O) groups is 1. The molecule has 196 valence electrons. The van der Waals surface area contributed by atoms with Crippen molar-refractivity contribution in [2.45, 2.75) is 79.1 Å². The van der Waals surface area contributed by atoms with Crippen molar-refractivity contribution in [3.63, 3.8) is 0 Å². The van der Waals surface area contributed by atoms with E-state index in [2.05, 4.69) is 11.9 Å². The summed E-state index contributed by atoms with van der Waals surface area (Å²) < 4.78 is 0. The van der Waals surface area contributed by atoms with E-state index < -0.39 is 0 Å². The van der Waals surface area contributed by atoms with Gasteiger partial charge in [-0.2, -0.15) is 0 Å². The number of aromatic nitrogens is 1. The van der Waals surface area contributed by atoms with Crippen molar-refractivity contribution in [3.05, 3.63) is 64.0 Å². The number of Topliss-reactive ketones (excluding diaryl/α,β-unsaturated/α-hetero) is 1. The summed E-state index contributed by atoms with van der Waals surface area (Å²) in [5.74, 6) is 0.856. The Morgan fingerprint density at radius 2 is 1.72 bits per heavy atom. The number of rotatable bonds is 6. The van der Waals surface area contributed by atoms with Crippen LogP contribution < -0.4 is 0 Å². The molecule has 3 rings (SSSR count). The molecule has 1 aliphatic rings. The molecule has 1 aliphatic heterocycles. The zero-order valence-electron chi connectivity index (χ0n) is 23.0. The molecule has 1 fully saturated rings. The Hall–Kier alpha value is -2.47. The minimum Gasteiger partial charge on any atom is -0.507 e. The second-order valence-electron chi connectivity index (χ2n) is 11.9. The van der Waals surface area contributed by atoms with Crippen LogP contribution in [0.25, 0.3) is 6.08 Å². The van der Waals surface area contributed by atoms with Gasteiger partial charge in [-0.05, 0) is 54.5 Å². The molecule has 0 amide bonds. The van der Waals surface area contributed by atoms with Crippen LogP contribution in [-0.4, -0.2) is 39.7 Å². The number of aryl methyl sites for hydroxylation is 1. The van der Waals surface area contributed by atoms with Gasteiger partial charge in [0.05, 0.1) is 12.2 Å². The van der Waals surface area contributed by atoms with E-state index >= 15 is 0 Å². The molecule has 0 radical (unpaired) electrons. The van der Waals surface area contributed by atoms with Crippen LogP contribution in [0.1, 0.15) is 94.2 Å². The van der Waals surface area contributed by atoms with Crippen molar-refractivity contribution in [1.82, 2.24) is 9.88 Å². The van der Waals surface area contributed by atoms with E-state index in [1.165, 1.54) is 0 Å². The molecule has 0 saturated carbocycles. The monoisotopic (exact) mass is 555 g/mol. The minimum absolute atomic E-state index is 0. The van der Waals surface area contributed by atoms with Crippen LogP contribution in [0.15, 0.2) is 35.9 Å². The molecule has 2 N–H and O–H groups in total. The average molecular weight is 557 g/mol. The molecule has 1 unspecified atom stereocenters. The number of phenols is 1. The number of hydrogen-bond acceptors (Lipinski definition) is 4. The maximum absolute atomic E-state index is 13.5. The number of hydrogen-bond donors (Lipinski definition) is 2. The topological polar surface area (TPSA) is 77.3 Å². The van der Waals surface area contributed by atoms with E-state index in [9.17, 15) is 9.90 Å². The van der Waals surface area contributed by atoms with Crippen molar-refractivity contribution in [1.29, 1.82) is 5.41 Å². The van der Waals surface area contributed by atoms with Gasteiger partial charge in [0, 0.05) is 40.4 Å². The van der Waals surface area contributed by atoms with Gasteiger partial charge in [0.1, 0.15) is 11.6 Å². The van der Waals surface area contributed by atoms with Crippen molar-refractivity contribution in [2.24, 2.45) is 5.92 Å². The second kappa shape index (κ2) is 11.3. The fourth-order valence-corrected chi connectivity index (χ4v) is 4.76. The number of likely N-dealkylation sites (tertiary alicyclic amines) is 1. The van der Waals surface area contributed by atoms with Crippen LogP contribution in [0.5, 0.6) is 5.75 Å². The zero-order chi connectivity index (χ0) is 26.1. The quantitative estimate of drug-likeness (QED) is 0.368. The number of halogens is 1. The lowest BCUT2D eigenvalue weighted by molar-refractivity contribution is 0.0963. The summed E-state index contributed by atoms with van der Waals surface area (Å²) in [6.45, 7) is 17.2. The van der Waals surface area contributed by atoms with Crippen molar-refractivity contribution >= 4 is 34.7 Å². The lowest BCUT2D eigenvalue weighted by Crippen LogP contribution is -2.31. The van der Waals surface area contributed by atoms with E-state index in [1.54, 1.807) is 0 Å². The van der Waals surface area contributed by atoms with E-state index in [4.69, 9.17) is 5.41 Å². The second-order valence-corrected chi connectivity index (χ2v) is 11.9. The molecule has 5 nitrogen and oxygen atoms in total. The van der Waals surface area contributed by atoms with Gasteiger partial charge >= 0.3 is 0 Å². The summed E-state index contributed by atoms with van der Waals surface area (Å²) in [6.07, 6.45) is 3.99. The van der Waals surface area contributed by atoms with Crippen molar-refractivity contribution in [3.8, 4) is 5.75 Å². The zero-order valence-corrected chi connectivity index (χ0v) is 24.7. The average Bonchev–Trinajstić information content (AvgIpc) is 3.01. The van der Waals surface area contributed by atoms with Crippen LogP contribution in [0, 0.1) is 18.3 Å². The van der Waals surface area contributed by atoms with Crippen molar-refractivity contribution < 1.29 is 9.90 Å². The Morgan fingerprint density at radius 3 is 2.22 bits per heavy atom. The number of phenolic OH excluding ortho intramolecular Hbond substituents is 1. The highest BCUT2D eigenvalue weighted by atomic mass is 79.9. The SMILES string of the molecule is Br.CCCC1CN(CC(=O)c2cc(C(C)(C)C)c(O)c(C(C)(C)C)c2)C(=N)/C1=C/c1cccc(C)n1. The molecule has 2 heterocycles. The summed E-state index contributed by atoms with van der Waals surface area (Å²) in [5, 5.41) is 19.9. The number of carbonyl (C=O) groups excluding carboxylic acids is 1. The Kier molecular flexibility index (Phi) is 9.33. The molecule has 1 atom stereocenters. The Balaban J connectivity index is 0.00000456. The number of aromatic hydroxyl groups is 1. The number of amidine groups is 1. The van der Waals surface area contributed by atoms with E-state index in [-0.39, 0.29) is 51.8 Å². The molecule has 6 heteroatoms. The molecular weight excluding hydrogens is 514 g/mol. The molecule has 1 saturated heterocycles. The predicted molar refractivity (Wildman–Crippen MR) is 155 cm³/mol. The first-order chi connectivity index (χ1) is 16.2. The van der Waals surface area contributed by atoms with Crippen LogP contribution in [0.4, 0.5) is 0 Å². The summed E-state index contributed by atoms with van der Waals surface area (Å²) in [7, 11) is 0. The maximum atomic E-state index is 13.5. The molecule has 0 bridgehead atoms. The summed E-state index contributed by atoms with van der Waals surface area (Å²) in [4.78, 5) is 20.0. The molecular formula is C30H42BrN3O2. The number of ketones is 1. The maximum Gasteiger partial charge on any atom is 0.182 e. The van der Waals surface area contributed by atoms with E-state index in [1.807, 2.05) is 89.8 Å². The fourth-order valence-electron chi connectivity index (χ4n) is 4.76. The first-order valence-electron chi connectivity index (χ1n) is 12.6. The number of nitrogens with one attached hydrogen (secondary N) is 1. The number of pyridine rings is 1. The van der Waals surface area contributed by atoms with Gasteiger partial charge in [-0.15, -0.1) is 17.0 Å². The van der Waals surface area contributed by atoms with Crippen LogP contribution >= 0.6 is 17.0 Å². The first-order valence-corrected chi connectivity index (χ1v) is 12.6. The molecule has 0 spiro atoms. The highest BCUT2D eigenvalue weighted by molar-refractivity contribution is 8.93. The van der Waals surface area contributed by atoms with Gasteiger partial charge in [-0.25, -0.2) is 0 Å². The molecule has 0 aliphatic carbocycles. The van der Waals surface area contributed by atoms with Crippen LogP contribution in [0.3, 0.4) is 0 Å². The summed E-state index contributed by atoms with van der Waals surface area (Å²) >= 11 is 0. The Morgan fingerprint density at radius 1 is 1.14 bits per heavy atom. The molecule has 2 aromatic rings. The molecule has 36 heavy (non-hydrogen) atoms. The third-order valence-corrected chi connectivity index (χ3v) is 6.70. The largest absolute Gasteiger partial charge is 0.507 e. The molecule has 1 aromatic carbocycles. The van der Waals surface area contributed by atoms with Gasteiger partial charge in [0.15, 0.2) is 5.78 Å². The standard InChI is InChI=1S/C30H41N3O2.BrH/c1-9-11-20-17-33(28(31)23(20)16-22-13-10-12-19(2)32-22)18-26(34)21-14-24(29(3,4)5)27(35)25(15-21)30(6,7)8;/h10,12-16,20,31,35H,9,11,17-18H2,1-8H3;1H/b23-16+,31-28?;. The normalized spacial score (nSPS) is 17.4. The number of nitrogens with zero attached hydrogens (tertiary/aromatic N) is 2. The lowest BCUT2D eigenvalue weighted by atomic mass is 9.78. The van der Waals surface area contributed by atoms with E-state index in [0.717, 1.165) is 40.9 Å².